The molecule has 38 heavy (non-hydrogen) atoms. The summed E-state index contributed by atoms with van der Waals surface area (Å²) >= 11 is 0. The molecule has 0 aromatic rings. The Balaban J connectivity index is 1.60. The smallest absolute Gasteiger partial charge is 0.330 e. The summed E-state index contributed by atoms with van der Waals surface area (Å²) in [6.07, 6.45) is 15.0. The molecular weight excluding hydrogens is 472 g/mol. The van der Waals surface area contributed by atoms with E-state index in [4.69, 9.17) is 4.74 Å². The number of carbonyl (C=O) groups excluding carboxylic acids is 1. The van der Waals surface area contributed by atoms with Crippen molar-refractivity contribution in [1.29, 1.82) is 0 Å². The molecule has 2 N–H and O–H groups in total. The van der Waals surface area contributed by atoms with Gasteiger partial charge in [0.05, 0.1) is 18.8 Å². The molecule has 0 amide bonds. The largest absolute Gasteiger partial charge is 0.463 e. The third-order valence-electron chi connectivity index (χ3n) is 13.5. The summed E-state index contributed by atoms with van der Waals surface area (Å²) in [5.74, 6) is 0.675. The third kappa shape index (κ3) is 3.85. The molecule has 4 saturated carbocycles. The van der Waals surface area contributed by atoms with Crippen LogP contribution < -0.4 is 0 Å². The van der Waals surface area contributed by atoms with Gasteiger partial charge in [-0.2, -0.15) is 0 Å². The van der Waals surface area contributed by atoms with Crippen molar-refractivity contribution in [2.75, 3.05) is 6.61 Å². The van der Waals surface area contributed by atoms with E-state index in [-0.39, 0.29) is 50.5 Å². The zero-order valence-electron chi connectivity index (χ0n) is 25.4. The minimum atomic E-state index is -0.483. The number of hydrogen-bond acceptors (Lipinski definition) is 4. The van der Waals surface area contributed by atoms with E-state index in [1.807, 2.05) is 6.92 Å². The van der Waals surface area contributed by atoms with Crippen molar-refractivity contribution in [2.45, 2.75) is 125 Å². The summed E-state index contributed by atoms with van der Waals surface area (Å²) < 4.78 is 5.27. The number of allylic oxidation sites excluding steroid dienone is 2. The highest BCUT2D eigenvalue weighted by atomic mass is 16.5. The molecule has 4 fully saturated rings. The van der Waals surface area contributed by atoms with Crippen LogP contribution in [0.1, 0.15) is 113 Å². The molecule has 0 saturated heterocycles. The standard InChI is InChI=1S/C34H54O4/c1-9-38-27(37)12-15-34-18-16-29(2,3)21-22(34)28-23(35)20-25-31(6)13-11-26(36)30(4,5)24(31)10-14-32(25,7)33(28,8)17-19-34/h12,15,20,22-24,26,28,35-36H,9-11,13-14,16-19,21H2,1-8H3/b15-12+/t22?,23-,24+,26+,28?,31+,32-,33-,34-/m1/s1. The lowest BCUT2D eigenvalue weighted by molar-refractivity contribution is -0.187. The van der Waals surface area contributed by atoms with Gasteiger partial charge in [0.15, 0.2) is 0 Å². The summed E-state index contributed by atoms with van der Waals surface area (Å²) in [6.45, 7) is 19.0. The fourth-order valence-electron chi connectivity index (χ4n) is 11.0. The maximum absolute atomic E-state index is 12.4. The van der Waals surface area contributed by atoms with Crippen LogP contribution in [0.2, 0.25) is 0 Å². The first-order valence-corrected chi connectivity index (χ1v) is 15.5. The molecule has 2 unspecified atom stereocenters. The summed E-state index contributed by atoms with van der Waals surface area (Å²) in [6, 6.07) is 0. The zero-order valence-corrected chi connectivity index (χ0v) is 25.4. The number of fused-ring (bicyclic) bond motifs is 7. The van der Waals surface area contributed by atoms with Gasteiger partial charge in [-0.15, -0.1) is 0 Å². The van der Waals surface area contributed by atoms with Crippen LogP contribution in [0.3, 0.4) is 0 Å². The predicted molar refractivity (Wildman–Crippen MR) is 152 cm³/mol. The normalized spacial score (nSPS) is 49.2. The molecule has 0 heterocycles. The second-order valence-electron chi connectivity index (χ2n) is 16.0. The summed E-state index contributed by atoms with van der Waals surface area (Å²) in [4.78, 5) is 12.4. The number of ether oxygens (including phenoxy) is 1. The Kier molecular flexibility index (Phi) is 6.68. The van der Waals surface area contributed by atoms with E-state index in [9.17, 15) is 15.0 Å². The second kappa shape index (κ2) is 8.93. The van der Waals surface area contributed by atoms with Crippen molar-refractivity contribution in [3.8, 4) is 0 Å². The van der Waals surface area contributed by atoms with E-state index in [0.29, 0.717) is 18.4 Å². The van der Waals surface area contributed by atoms with Crippen LogP contribution in [-0.4, -0.2) is 35.0 Å². The van der Waals surface area contributed by atoms with Gasteiger partial charge in [0.25, 0.3) is 0 Å². The second-order valence-corrected chi connectivity index (χ2v) is 16.0. The highest BCUT2D eigenvalue weighted by molar-refractivity contribution is 5.82. The fourth-order valence-corrected chi connectivity index (χ4v) is 11.0. The van der Waals surface area contributed by atoms with Crippen molar-refractivity contribution in [3.63, 3.8) is 0 Å². The highest BCUT2D eigenvalue weighted by Crippen LogP contribution is 2.75. The Bertz CT molecular complexity index is 1020. The molecule has 0 radical (unpaired) electrons. The van der Waals surface area contributed by atoms with Crippen LogP contribution in [-0.2, 0) is 9.53 Å². The fraction of sp³-hybridized carbons (Fsp3) is 0.853. The molecule has 5 aliphatic carbocycles. The molecule has 0 aromatic carbocycles. The van der Waals surface area contributed by atoms with Crippen LogP contribution in [0.15, 0.2) is 23.8 Å². The number of esters is 1. The number of rotatable bonds is 3. The Labute approximate surface area is 231 Å². The average Bonchev–Trinajstić information content (AvgIpc) is 2.82. The molecule has 0 bridgehead atoms. The van der Waals surface area contributed by atoms with Gasteiger partial charge < -0.3 is 14.9 Å². The molecule has 0 spiro atoms. The van der Waals surface area contributed by atoms with Crippen molar-refractivity contribution < 1.29 is 19.7 Å². The molecule has 0 aromatic heterocycles. The Morgan fingerprint density at radius 2 is 1.66 bits per heavy atom. The minimum Gasteiger partial charge on any atom is -0.463 e. The number of aliphatic hydroxyl groups is 2. The van der Waals surface area contributed by atoms with E-state index < -0.39 is 6.10 Å². The Morgan fingerprint density at radius 1 is 0.974 bits per heavy atom. The molecule has 4 nitrogen and oxygen atoms in total. The van der Waals surface area contributed by atoms with Crippen molar-refractivity contribution in [2.24, 2.45) is 50.2 Å². The average molecular weight is 527 g/mol. The molecule has 9 atom stereocenters. The quantitative estimate of drug-likeness (QED) is 0.231. The topological polar surface area (TPSA) is 66.8 Å². The van der Waals surface area contributed by atoms with E-state index in [1.54, 1.807) is 6.08 Å². The van der Waals surface area contributed by atoms with E-state index in [1.165, 1.54) is 5.57 Å². The van der Waals surface area contributed by atoms with Gasteiger partial charge in [0.1, 0.15) is 0 Å². The number of carbonyl (C=O) groups is 1. The van der Waals surface area contributed by atoms with Crippen LogP contribution in [0.4, 0.5) is 0 Å². The summed E-state index contributed by atoms with van der Waals surface area (Å²) in [7, 11) is 0. The van der Waals surface area contributed by atoms with Gasteiger partial charge in [0.2, 0.25) is 0 Å². The van der Waals surface area contributed by atoms with Crippen LogP contribution >= 0.6 is 0 Å². The lowest BCUT2D eigenvalue weighted by Crippen LogP contribution is -2.65. The van der Waals surface area contributed by atoms with Crippen molar-refractivity contribution >= 4 is 5.97 Å². The lowest BCUT2D eigenvalue weighted by Gasteiger charge is -2.71. The highest BCUT2D eigenvalue weighted by Gasteiger charge is 2.69. The van der Waals surface area contributed by atoms with E-state index in [0.717, 1.165) is 57.8 Å². The SMILES string of the molecule is CCOC(=O)/C=C/[C@]12CCC(C)(C)CC1C1[C@H](O)C=C3[C@@]4(C)CC[C@H](O)C(C)(C)[C@@H]4CC[C@@]3(C)[C@]1(C)CC2. The van der Waals surface area contributed by atoms with Gasteiger partial charge >= 0.3 is 5.97 Å². The van der Waals surface area contributed by atoms with Crippen molar-refractivity contribution in [1.82, 2.24) is 0 Å². The van der Waals surface area contributed by atoms with Gasteiger partial charge in [-0.05, 0) is 115 Å². The molecule has 214 valence electrons. The molecule has 5 rings (SSSR count). The molecular formula is C34H54O4. The first kappa shape index (κ1) is 28.4. The van der Waals surface area contributed by atoms with Crippen LogP contribution in [0.5, 0.6) is 0 Å². The van der Waals surface area contributed by atoms with E-state index in [2.05, 4.69) is 60.6 Å². The minimum absolute atomic E-state index is 0.00880. The molecule has 5 aliphatic rings. The third-order valence-corrected chi connectivity index (χ3v) is 13.5. The number of aliphatic hydroxyl groups excluding tert-OH is 2. The Morgan fingerprint density at radius 3 is 2.34 bits per heavy atom. The van der Waals surface area contributed by atoms with Gasteiger partial charge in [-0.3, -0.25) is 0 Å². The van der Waals surface area contributed by atoms with Gasteiger partial charge in [-0.1, -0.05) is 66.2 Å². The number of hydrogen-bond donors (Lipinski definition) is 2. The summed E-state index contributed by atoms with van der Waals surface area (Å²) in [5.41, 5.74) is 1.55. The maximum Gasteiger partial charge on any atom is 0.330 e. The van der Waals surface area contributed by atoms with E-state index >= 15 is 0 Å². The molecule has 0 aliphatic heterocycles. The monoisotopic (exact) mass is 526 g/mol. The Hall–Kier alpha value is -1.13. The molecule has 4 heteroatoms. The summed E-state index contributed by atoms with van der Waals surface area (Å²) in [5, 5.41) is 23.1. The van der Waals surface area contributed by atoms with Crippen molar-refractivity contribution in [3.05, 3.63) is 23.8 Å². The zero-order chi connectivity index (χ0) is 27.9. The van der Waals surface area contributed by atoms with Gasteiger partial charge in [0, 0.05) is 6.08 Å². The maximum atomic E-state index is 12.4. The first-order chi connectivity index (χ1) is 17.6. The predicted octanol–water partition coefficient (Wildman–Crippen LogP) is 7.24. The van der Waals surface area contributed by atoms with Gasteiger partial charge in [-0.25, -0.2) is 4.79 Å². The lowest BCUT2D eigenvalue weighted by atomic mass is 9.33. The van der Waals surface area contributed by atoms with Crippen LogP contribution in [0, 0.1) is 50.2 Å². The van der Waals surface area contributed by atoms with Crippen LogP contribution in [0.25, 0.3) is 0 Å². The first-order valence-electron chi connectivity index (χ1n) is 15.5.